The molecule has 0 amide bonds. The van der Waals surface area contributed by atoms with Gasteiger partial charge in [-0.25, -0.2) is 0 Å². The second kappa shape index (κ2) is 7.23. The zero-order valence-corrected chi connectivity index (χ0v) is 15.5. The predicted molar refractivity (Wildman–Crippen MR) is 99.6 cm³/mol. The number of likely N-dealkylation sites (N-methyl/N-ethyl adjacent to an activating group) is 1. The van der Waals surface area contributed by atoms with Crippen LogP contribution in [0.1, 0.15) is 5.56 Å². The molecule has 0 N–H and O–H groups in total. The van der Waals surface area contributed by atoms with E-state index in [1.165, 1.54) is 7.11 Å². The van der Waals surface area contributed by atoms with Gasteiger partial charge in [-0.3, -0.25) is 4.79 Å². The zero-order chi connectivity index (χ0) is 16.3. The van der Waals surface area contributed by atoms with Gasteiger partial charge < -0.3 is 14.4 Å². The standard InChI is InChI=1S/C16H16INO3S/c1-18(9-14(19)21-3)16(22)12-6-4-5-11-10(12)7-8-13(20-2)15(11)17/h4-8H,9H2,1-3H3. The maximum Gasteiger partial charge on any atom is 0.325 e. The molecular weight excluding hydrogens is 413 g/mol. The maximum atomic E-state index is 11.4. The van der Waals surface area contributed by atoms with Crippen molar-refractivity contribution in [1.29, 1.82) is 0 Å². The summed E-state index contributed by atoms with van der Waals surface area (Å²) in [6.07, 6.45) is 0. The number of carbonyl (C=O) groups is 1. The molecule has 0 aromatic heterocycles. The van der Waals surface area contributed by atoms with Crippen molar-refractivity contribution in [3.8, 4) is 5.75 Å². The van der Waals surface area contributed by atoms with Crippen LogP contribution in [0.25, 0.3) is 10.8 Å². The highest BCUT2D eigenvalue weighted by Gasteiger charge is 2.15. The number of fused-ring (bicyclic) bond motifs is 1. The van der Waals surface area contributed by atoms with Crippen molar-refractivity contribution in [2.24, 2.45) is 0 Å². The van der Waals surface area contributed by atoms with Crippen LogP contribution in [-0.2, 0) is 9.53 Å². The minimum atomic E-state index is -0.318. The molecule has 116 valence electrons. The second-order valence-electron chi connectivity index (χ2n) is 4.72. The molecule has 4 nitrogen and oxygen atoms in total. The number of nitrogens with zero attached hydrogens (tertiary/aromatic N) is 1. The van der Waals surface area contributed by atoms with Crippen LogP contribution >= 0.6 is 34.8 Å². The number of halogens is 1. The summed E-state index contributed by atoms with van der Waals surface area (Å²) in [5, 5.41) is 2.11. The van der Waals surface area contributed by atoms with Gasteiger partial charge >= 0.3 is 5.97 Å². The lowest BCUT2D eigenvalue weighted by molar-refractivity contribution is -0.140. The first-order valence-electron chi connectivity index (χ1n) is 6.57. The van der Waals surface area contributed by atoms with Crippen molar-refractivity contribution in [3.05, 3.63) is 39.5 Å². The van der Waals surface area contributed by atoms with Crippen LogP contribution in [-0.4, -0.2) is 43.7 Å². The summed E-state index contributed by atoms with van der Waals surface area (Å²) in [6.45, 7) is 0.124. The van der Waals surface area contributed by atoms with Crippen LogP contribution in [0.5, 0.6) is 5.75 Å². The molecule has 0 spiro atoms. The Morgan fingerprint density at radius 1 is 1.23 bits per heavy atom. The molecule has 6 heteroatoms. The molecule has 0 heterocycles. The van der Waals surface area contributed by atoms with Crippen molar-refractivity contribution in [3.63, 3.8) is 0 Å². The number of carbonyl (C=O) groups excluding carboxylic acids is 1. The third-order valence-electron chi connectivity index (χ3n) is 3.35. The quantitative estimate of drug-likeness (QED) is 0.424. The normalized spacial score (nSPS) is 10.4. The van der Waals surface area contributed by atoms with E-state index in [9.17, 15) is 4.79 Å². The Balaban J connectivity index is 2.46. The average Bonchev–Trinajstić information content (AvgIpc) is 2.54. The van der Waals surface area contributed by atoms with E-state index in [1.54, 1.807) is 19.1 Å². The molecule has 0 aliphatic heterocycles. The van der Waals surface area contributed by atoms with E-state index < -0.39 is 0 Å². The Labute approximate surface area is 148 Å². The minimum absolute atomic E-state index is 0.124. The lowest BCUT2D eigenvalue weighted by Gasteiger charge is -2.20. The van der Waals surface area contributed by atoms with E-state index in [-0.39, 0.29) is 12.5 Å². The van der Waals surface area contributed by atoms with E-state index in [4.69, 9.17) is 17.0 Å². The fourth-order valence-electron chi connectivity index (χ4n) is 2.18. The van der Waals surface area contributed by atoms with Crippen molar-refractivity contribution in [2.45, 2.75) is 0 Å². The minimum Gasteiger partial charge on any atom is -0.496 e. The molecule has 0 atom stereocenters. The number of thiocarbonyl (C=S) groups is 1. The maximum absolute atomic E-state index is 11.4. The topological polar surface area (TPSA) is 38.8 Å². The first kappa shape index (κ1) is 17.0. The average molecular weight is 429 g/mol. The van der Waals surface area contributed by atoms with Crippen LogP contribution in [0.15, 0.2) is 30.3 Å². The molecular formula is C16H16INO3S. The van der Waals surface area contributed by atoms with Gasteiger partial charge in [-0.15, -0.1) is 0 Å². The van der Waals surface area contributed by atoms with Crippen LogP contribution in [0.2, 0.25) is 0 Å². The van der Waals surface area contributed by atoms with Gasteiger partial charge in [0.15, 0.2) is 0 Å². The molecule has 0 radical (unpaired) electrons. The van der Waals surface area contributed by atoms with E-state index in [0.717, 1.165) is 25.7 Å². The van der Waals surface area contributed by atoms with Gasteiger partial charge in [0.05, 0.1) is 17.8 Å². The van der Waals surface area contributed by atoms with E-state index >= 15 is 0 Å². The molecule has 22 heavy (non-hydrogen) atoms. The molecule has 0 unspecified atom stereocenters. The Hall–Kier alpha value is -1.41. The fourth-order valence-corrected chi connectivity index (χ4v) is 3.29. The van der Waals surface area contributed by atoms with Crippen molar-refractivity contribution in [1.82, 2.24) is 4.90 Å². The summed E-state index contributed by atoms with van der Waals surface area (Å²) < 4.78 is 11.1. The van der Waals surface area contributed by atoms with Gasteiger partial charge in [-0.05, 0) is 45.5 Å². The summed E-state index contributed by atoms with van der Waals surface area (Å²) in [7, 11) is 4.81. The number of ether oxygens (including phenoxy) is 2. The van der Waals surface area contributed by atoms with Crippen molar-refractivity contribution < 1.29 is 14.3 Å². The fraction of sp³-hybridized carbons (Fsp3) is 0.250. The predicted octanol–water partition coefficient (Wildman–Crippen LogP) is 3.23. The number of methoxy groups -OCH3 is 2. The van der Waals surface area contributed by atoms with Crippen LogP contribution in [0.3, 0.4) is 0 Å². The molecule has 0 bridgehead atoms. The molecule has 2 rings (SSSR count). The van der Waals surface area contributed by atoms with Crippen LogP contribution in [0.4, 0.5) is 0 Å². The summed E-state index contributed by atoms with van der Waals surface area (Å²) in [5.41, 5.74) is 0.916. The molecule has 0 saturated carbocycles. The van der Waals surface area contributed by atoms with Gasteiger partial charge in [0.1, 0.15) is 17.3 Å². The number of hydrogen-bond acceptors (Lipinski definition) is 4. The first-order valence-corrected chi connectivity index (χ1v) is 8.05. The highest BCUT2D eigenvalue weighted by Crippen LogP contribution is 2.31. The second-order valence-corrected chi connectivity index (χ2v) is 6.19. The van der Waals surface area contributed by atoms with E-state index in [1.807, 2.05) is 30.3 Å². The third-order valence-corrected chi connectivity index (χ3v) is 5.00. The Morgan fingerprint density at radius 2 is 1.95 bits per heavy atom. The largest absolute Gasteiger partial charge is 0.496 e. The highest BCUT2D eigenvalue weighted by atomic mass is 127. The van der Waals surface area contributed by atoms with Crippen LogP contribution in [0, 0.1) is 3.57 Å². The monoisotopic (exact) mass is 429 g/mol. The van der Waals surface area contributed by atoms with Crippen molar-refractivity contribution >= 4 is 56.5 Å². The number of benzene rings is 2. The Bertz CT molecular complexity index is 733. The summed E-state index contributed by atoms with van der Waals surface area (Å²) in [6, 6.07) is 9.87. The molecule has 2 aromatic carbocycles. The summed E-state index contributed by atoms with van der Waals surface area (Å²) in [4.78, 5) is 13.7. The van der Waals surface area contributed by atoms with E-state index in [0.29, 0.717) is 4.99 Å². The van der Waals surface area contributed by atoms with Gasteiger partial charge in [0.2, 0.25) is 0 Å². The number of hydrogen-bond donors (Lipinski definition) is 0. The summed E-state index contributed by atoms with van der Waals surface area (Å²) in [5.74, 6) is 0.514. The smallest absolute Gasteiger partial charge is 0.325 e. The molecule has 0 aliphatic carbocycles. The third kappa shape index (κ3) is 3.33. The Morgan fingerprint density at radius 3 is 2.59 bits per heavy atom. The first-order chi connectivity index (χ1) is 10.5. The lowest BCUT2D eigenvalue weighted by atomic mass is 10.0. The van der Waals surface area contributed by atoms with Crippen LogP contribution < -0.4 is 4.74 Å². The van der Waals surface area contributed by atoms with Gasteiger partial charge in [-0.2, -0.15) is 0 Å². The Kier molecular flexibility index (Phi) is 5.57. The molecule has 2 aromatic rings. The highest BCUT2D eigenvalue weighted by molar-refractivity contribution is 14.1. The lowest BCUT2D eigenvalue weighted by Crippen LogP contribution is -2.32. The van der Waals surface area contributed by atoms with Gasteiger partial charge in [-0.1, -0.05) is 30.4 Å². The zero-order valence-electron chi connectivity index (χ0n) is 12.6. The van der Waals surface area contributed by atoms with E-state index in [2.05, 4.69) is 27.3 Å². The summed E-state index contributed by atoms with van der Waals surface area (Å²) >= 11 is 7.79. The molecule has 0 aliphatic rings. The number of esters is 1. The van der Waals surface area contributed by atoms with Crippen molar-refractivity contribution in [2.75, 3.05) is 27.8 Å². The van der Waals surface area contributed by atoms with Gasteiger partial charge in [0.25, 0.3) is 0 Å². The molecule has 0 saturated heterocycles. The SMILES string of the molecule is COC(=O)CN(C)C(=S)c1cccc2c(I)c(OC)ccc12. The van der Waals surface area contributed by atoms with Gasteiger partial charge in [0, 0.05) is 12.6 Å². The number of rotatable bonds is 4. The molecule has 0 fully saturated rings.